The molecule has 2 N–H and O–H groups in total. The highest BCUT2D eigenvalue weighted by Crippen LogP contribution is 2.30. The van der Waals surface area contributed by atoms with Crippen molar-refractivity contribution in [1.29, 1.82) is 0 Å². The van der Waals surface area contributed by atoms with Crippen molar-refractivity contribution in [3.8, 4) is 11.5 Å². The van der Waals surface area contributed by atoms with Crippen molar-refractivity contribution in [2.45, 2.75) is 26.3 Å². The van der Waals surface area contributed by atoms with Crippen molar-refractivity contribution in [3.63, 3.8) is 0 Å². The Morgan fingerprint density at radius 1 is 1.37 bits per heavy atom. The number of ether oxygens (including phenoxy) is 2. The van der Waals surface area contributed by atoms with Crippen LogP contribution in [0.1, 0.15) is 31.9 Å². The van der Waals surface area contributed by atoms with E-state index in [4.69, 9.17) is 9.47 Å². The van der Waals surface area contributed by atoms with Gasteiger partial charge in [-0.1, -0.05) is 13.0 Å². The molecule has 1 aromatic rings. The van der Waals surface area contributed by atoms with Gasteiger partial charge in [0.1, 0.15) is 6.04 Å². The van der Waals surface area contributed by atoms with E-state index in [-0.39, 0.29) is 0 Å². The van der Waals surface area contributed by atoms with Gasteiger partial charge in [0.05, 0.1) is 13.7 Å². The summed E-state index contributed by atoms with van der Waals surface area (Å²) in [5, 5.41) is 12.2. The average Bonchev–Trinajstić information content (AvgIpc) is 2.40. The maximum absolute atomic E-state index is 11.3. The first kappa shape index (κ1) is 15.3. The van der Waals surface area contributed by atoms with E-state index < -0.39 is 12.0 Å². The molecule has 1 atom stereocenters. The third-order valence-corrected chi connectivity index (χ3v) is 2.67. The van der Waals surface area contributed by atoms with Crippen LogP contribution < -0.4 is 14.8 Å². The Morgan fingerprint density at radius 3 is 2.63 bits per heavy atom. The second kappa shape index (κ2) is 7.63. The molecule has 0 spiro atoms. The van der Waals surface area contributed by atoms with Crippen molar-refractivity contribution in [2.75, 3.05) is 20.3 Å². The maximum atomic E-state index is 11.3. The lowest BCUT2D eigenvalue weighted by Crippen LogP contribution is -2.29. The predicted molar refractivity (Wildman–Crippen MR) is 72.8 cm³/mol. The summed E-state index contributed by atoms with van der Waals surface area (Å²) in [6.07, 6.45) is 0.873. The number of carbonyl (C=O) groups is 1. The van der Waals surface area contributed by atoms with Gasteiger partial charge in [0, 0.05) is 0 Å². The lowest BCUT2D eigenvalue weighted by molar-refractivity contribution is -0.139. The minimum Gasteiger partial charge on any atom is -0.493 e. The van der Waals surface area contributed by atoms with E-state index >= 15 is 0 Å². The van der Waals surface area contributed by atoms with Gasteiger partial charge in [0.25, 0.3) is 0 Å². The second-order valence-electron chi connectivity index (χ2n) is 4.07. The Labute approximate surface area is 113 Å². The van der Waals surface area contributed by atoms with Crippen LogP contribution in [-0.4, -0.2) is 31.3 Å². The summed E-state index contributed by atoms with van der Waals surface area (Å²) in [6.45, 7) is 5.06. The van der Waals surface area contributed by atoms with Crippen LogP contribution in [0, 0.1) is 0 Å². The molecule has 0 saturated carbocycles. The van der Waals surface area contributed by atoms with E-state index in [0.717, 1.165) is 6.42 Å². The van der Waals surface area contributed by atoms with E-state index in [9.17, 15) is 9.90 Å². The summed E-state index contributed by atoms with van der Waals surface area (Å²) >= 11 is 0. The van der Waals surface area contributed by atoms with Crippen LogP contribution in [0.4, 0.5) is 0 Å². The third kappa shape index (κ3) is 4.13. The number of hydrogen-bond acceptors (Lipinski definition) is 4. The molecule has 0 amide bonds. The van der Waals surface area contributed by atoms with E-state index in [1.54, 1.807) is 18.2 Å². The molecule has 0 aliphatic heterocycles. The van der Waals surface area contributed by atoms with Crippen LogP contribution in [-0.2, 0) is 4.79 Å². The number of hydrogen-bond donors (Lipinski definition) is 2. The highest BCUT2D eigenvalue weighted by molar-refractivity contribution is 5.76. The van der Waals surface area contributed by atoms with Crippen LogP contribution >= 0.6 is 0 Å². The van der Waals surface area contributed by atoms with E-state index in [1.807, 2.05) is 13.8 Å². The molecule has 0 bridgehead atoms. The van der Waals surface area contributed by atoms with Gasteiger partial charge >= 0.3 is 5.97 Å². The molecule has 106 valence electrons. The lowest BCUT2D eigenvalue weighted by atomic mass is 10.1. The molecule has 19 heavy (non-hydrogen) atoms. The zero-order valence-electron chi connectivity index (χ0n) is 11.6. The summed E-state index contributed by atoms with van der Waals surface area (Å²) in [4.78, 5) is 11.3. The molecule has 1 unspecified atom stereocenters. The topological polar surface area (TPSA) is 67.8 Å². The minimum atomic E-state index is -0.903. The quantitative estimate of drug-likeness (QED) is 0.756. The van der Waals surface area contributed by atoms with Crippen LogP contribution in [0.5, 0.6) is 11.5 Å². The molecule has 0 saturated heterocycles. The van der Waals surface area contributed by atoms with Crippen LogP contribution in [0.25, 0.3) is 0 Å². The highest BCUT2D eigenvalue weighted by atomic mass is 16.5. The summed E-state index contributed by atoms with van der Waals surface area (Å²) < 4.78 is 10.6. The van der Waals surface area contributed by atoms with Gasteiger partial charge in [-0.3, -0.25) is 4.79 Å². The minimum absolute atomic E-state index is 0.534. The molecule has 0 aliphatic rings. The number of carboxylic acids is 1. The summed E-state index contributed by atoms with van der Waals surface area (Å²) in [5.74, 6) is 0.261. The monoisotopic (exact) mass is 267 g/mol. The zero-order valence-corrected chi connectivity index (χ0v) is 11.6. The fraction of sp³-hybridized carbons (Fsp3) is 0.500. The number of nitrogens with one attached hydrogen (secondary N) is 1. The number of carboxylic acid groups (broad SMARTS) is 1. The molecule has 5 heteroatoms. The predicted octanol–water partition coefficient (Wildman–Crippen LogP) is 2.22. The number of aliphatic carboxylic acids is 1. The molecular formula is C14H21NO4. The molecule has 0 heterocycles. The first-order valence-electron chi connectivity index (χ1n) is 6.40. The third-order valence-electron chi connectivity index (χ3n) is 2.67. The largest absolute Gasteiger partial charge is 0.493 e. The molecule has 5 nitrogen and oxygen atoms in total. The van der Waals surface area contributed by atoms with E-state index in [0.29, 0.717) is 30.2 Å². The fourth-order valence-electron chi connectivity index (χ4n) is 1.77. The van der Waals surface area contributed by atoms with Gasteiger partial charge in [-0.15, -0.1) is 0 Å². The van der Waals surface area contributed by atoms with Crippen molar-refractivity contribution in [1.82, 2.24) is 5.32 Å². The standard InChI is InChI=1S/C14H21NO4/c1-4-8-15-13(14(16)17)10-6-7-11(19-5-2)12(9-10)18-3/h6-7,9,13,15H,4-5,8H2,1-3H3,(H,16,17). The van der Waals surface area contributed by atoms with Gasteiger partial charge in [-0.2, -0.15) is 0 Å². The van der Waals surface area contributed by atoms with E-state index in [2.05, 4.69) is 5.32 Å². The smallest absolute Gasteiger partial charge is 0.325 e. The fourth-order valence-corrected chi connectivity index (χ4v) is 1.77. The molecule has 0 aliphatic carbocycles. The van der Waals surface area contributed by atoms with Gasteiger partial charge in [0.15, 0.2) is 11.5 Å². The number of rotatable bonds is 8. The summed E-state index contributed by atoms with van der Waals surface area (Å²) in [6, 6.07) is 4.45. The average molecular weight is 267 g/mol. The Kier molecular flexibility index (Phi) is 6.15. The van der Waals surface area contributed by atoms with Crippen molar-refractivity contribution in [3.05, 3.63) is 23.8 Å². The van der Waals surface area contributed by atoms with Crippen molar-refractivity contribution in [2.24, 2.45) is 0 Å². The highest BCUT2D eigenvalue weighted by Gasteiger charge is 2.20. The molecule has 1 rings (SSSR count). The van der Waals surface area contributed by atoms with Gasteiger partial charge in [-0.05, 0) is 37.6 Å². The zero-order chi connectivity index (χ0) is 14.3. The van der Waals surface area contributed by atoms with Crippen molar-refractivity contribution < 1.29 is 19.4 Å². The molecule has 0 fully saturated rings. The van der Waals surface area contributed by atoms with Crippen molar-refractivity contribution >= 4 is 5.97 Å². The number of benzene rings is 1. The van der Waals surface area contributed by atoms with Crippen LogP contribution in [0.2, 0.25) is 0 Å². The molecule has 0 aromatic heterocycles. The van der Waals surface area contributed by atoms with Gasteiger partial charge in [-0.25, -0.2) is 0 Å². The van der Waals surface area contributed by atoms with Crippen LogP contribution in [0.3, 0.4) is 0 Å². The van der Waals surface area contributed by atoms with E-state index in [1.165, 1.54) is 7.11 Å². The van der Waals surface area contributed by atoms with Gasteiger partial charge < -0.3 is 19.9 Å². The van der Waals surface area contributed by atoms with Gasteiger partial charge in [0.2, 0.25) is 0 Å². The molecule has 0 radical (unpaired) electrons. The lowest BCUT2D eigenvalue weighted by Gasteiger charge is -2.16. The summed E-state index contributed by atoms with van der Waals surface area (Å²) in [7, 11) is 1.54. The Bertz CT molecular complexity index is 420. The maximum Gasteiger partial charge on any atom is 0.325 e. The number of methoxy groups -OCH3 is 1. The first-order chi connectivity index (χ1) is 9.13. The Balaban J connectivity index is 3.00. The second-order valence-corrected chi connectivity index (χ2v) is 4.07. The first-order valence-corrected chi connectivity index (χ1v) is 6.40. The molecular weight excluding hydrogens is 246 g/mol. The summed E-state index contributed by atoms with van der Waals surface area (Å²) in [5.41, 5.74) is 0.654. The SMILES string of the molecule is CCCNC(C(=O)O)c1ccc(OCC)c(OC)c1. The molecule has 1 aromatic carbocycles. The Hall–Kier alpha value is -1.75. The van der Waals surface area contributed by atoms with Crippen LogP contribution in [0.15, 0.2) is 18.2 Å². The normalized spacial score (nSPS) is 11.9. The Morgan fingerprint density at radius 2 is 2.11 bits per heavy atom.